The molecule has 2 aliphatic rings. The average Bonchev–Trinajstić information content (AvgIpc) is 3.17. The van der Waals surface area contributed by atoms with Crippen molar-refractivity contribution in [3.05, 3.63) is 47.8 Å². The maximum absolute atomic E-state index is 13.0. The van der Waals surface area contributed by atoms with Gasteiger partial charge in [-0.15, -0.1) is 0 Å². The number of rotatable bonds is 7. The van der Waals surface area contributed by atoms with Gasteiger partial charge in [0.25, 0.3) is 5.91 Å². The molecule has 1 aromatic carbocycles. The fraction of sp³-hybridized carbons (Fsp3) is 0.500. The fourth-order valence-electron chi connectivity index (χ4n) is 4.50. The van der Waals surface area contributed by atoms with Crippen LogP contribution in [0.2, 0.25) is 0 Å². The Bertz CT molecular complexity index is 944. The van der Waals surface area contributed by atoms with Gasteiger partial charge < -0.3 is 19.3 Å². The Morgan fingerprint density at radius 1 is 1.16 bits per heavy atom. The predicted molar refractivity (Wildman–Crippen MR) is 119 cm³/mol. The van der Waals surface area contributed by atoms with Crippen LogP contribution in [0.25, 0.3) is 0 Å². The Balaban J connectivity index is 1.24. The zero-order valence-electron chi connectivity index (χ0n) is 18.7. The number of aryl methyl sites for hydroxylation is 1. The van der Waals surface area contributed by atoms with E-state index < -0.39 is 0 Å². The number of benzene rings is 1. The van der Waals surface area contributed by atoms with Crippen LogP contribution in [0.15, 0.2) is 36.7 Å². The van der Waals surface area contributed by atoms with E-state index >= 15 is 0 Å². The van der Waals surface area contributed by atoms with Gasteiger partial charge in [-0.1, -0.05) is 0 Å². The normalized spacial score (nSPS) is 19.3. The van der Waals surface area contributed by atoms with Crippen LogP contribution >= 0.6 is 0 Å². The van der Waals surface area contributed by atoms with Gasteiger partial charge in [-0.2, -0.15) is 0 Å². The van der Waals surface area contributed by atoms with E-state index in [2.05, 4.69) is 9.97 Å². The van der Waals surface area contributed by atoms with E-state index in [-0.39, 0.29) is 17.7 Å². The zero-order chi connectivity index (χ0) is 22.5. The summed E-state index contributed by atoms with van der Waals surface area (Å²) in [6, 6.07) is 7.65. The second-order valence-corrected chi connectivity index (χ2v) is 8.63. The molecule has 1 aromatic heterocycles. The molecule has 0 radical (unpaired) electrons. The minimum atomic E-state index is 0.0706. The SMILES string of the molecule is COc1ccc(C(=O)N2CCC(CN3CC(COc4ncccn4)CC3=O)CC2)c(C)c1. The van der Waals surface area contributed by atoms with E-state index in [4.69, 9.17) is 9.47 Å². The second kappa shape index (κ2) is 9.97. The summed E-state index contributed by atoms with van der Waals surface area (Å²) in [4.78, 5) is 37.4. The van der Waals surface area contributed by atoms with Crippen molar-refractivity contribution < 1.29 is 19.1 Å². The molecular weight excluding hydrogens is 408 g/mol. The molecule has 8 heteroatoms. The summed E-state index contributed by atoms with van der Waals surface area (Å²) in [6.45, 7) is 5.27. The predicted octanol–water partition coefficient (Wildman–Crippen LogP) is 2.57. The quantitative estimate of drug-likeness (QED) is 0.661. The first-order chi connectivity index (χ1) is 15.5. The highest BCUT2D eigenvalue weighted by Gasteiger charge is 2.33. The van der Waals surface area contributed by atoms with E-state index in [1.165, 1.54) is 0 Å². The molecular formula is C24H30N4O4. The van der Waals surface area contributed by atoms with E-state index in [1.54, 1.807) is 25.6 Å². The van der Waals surface area contributed by atoms with Crippen LogP contribution in [-0.4, -0.2) is 71.5 Å². The molecule has 0 spiro atoms. The van der Waals surface area contributed by atoms with E-state index in [9.17, 15) is 9.59 Å². The van der Waals surface area contributed by atoms with Crippen LogP contribution in [0.1, 0.15) is 35.2 Å². The van der Waals surface area contributed by atoms with Crippen molar-refractivity contribution in [3.8, 4) is 11.8 Å². The Labute approximate surface area is 188 Å². The summed E-state index contributed by atoms with van der Waals surface area (Å²) in [6.07, 6.45) is 5.59. The highest BCUT2D eigenvalue weighted by molar-refractivity contribution is 5.95. The van der Waals surface area contributed by atoms with E-state index in [1.807, 2.05) is 34.9 Å². The third kappa shape index (κ3) is 5.18. The van der Waals surface area contributed by atoms with Crippen molar-refractivity contribution in [2.45, 2.75) is 26.2 Å². The molecule has 4 rings (SSSR count). The first-order valence-electron chi connectivity index (χ1n) is 11.1. The number of hydrogen-bond donors (Lipinski definition) is 0. The molecule has 0 aliphatic carbocycles. The summed E-state index contributed by atoms with van der Waals surface area (Å²) in [7, 11) is 1.62. The van der Waals surface area contributed by atoms with E-state index in [0.29, 0.717) is 31.5 Å². The number of aromatic nitrogens is 2. The number of carbonyl (C=O) groups is 2. The molecule has 8 nitrogen and oxygen atoms in total. The molecule has 2 saturated heterocycles. The lowest BCUT2D eigenvalue weighted by Crippen LogP contribution is -2.42. The topological polar surface area (TPSA) is 84.9 Å². The Hall–Kier alpha value is -3.16. The van der Waals surface area contributed by atoms with Crippen molar-refractivity contribution in [1.29, 1.82) is 0 Å². The second-order valence-electron chi connectivity index (χ2n) is 8.63. The van der Waals surface area contributed by atoms with Crippen molar-refractivity contribution in [2.24, 2.45) is 11.8 Å². The summed E-state index contributed by atoms with van der Waals surface area (Å²) in [5, 5.41) is 0. The molecule has 2 amide bonds. The Kier molecular flexibility index (Phi) is 6.87. The number of amides is 2. The van der Waals surface area contributed by atoms with Crippen LogP contribution in [0.5, 0.6) is 11.8 Å². The number of piperidine rings is 1. The lowest BCUT2D eigenvalue weighted by molar-refractivity contribution is -0.128. The van der Waals surface area contributed by atoms with Crippen molar-refractivity contribution in [1.82, 2.24) is 19.8 Å². The molecule has 0 saturated carbocycles. The van der Waals surface area contributed by atoms with E-state index in [0.717, 1.165) is 49.4 Å². The third-order valence-electron chi connectivity index (χ3n) is 6.33. The van der Waals surface area contributed by atoms with Crippen LogP contribution in [0.3, 0.4) is 0 Å². The fourth-order valence-corrected chi connectivity index (χ4v) is 4.50. The summed E-state index contributed by atoms with van der Waals surface area (Å²) in [5.74, 6) is 1.58. The van der Waals surface area contributed by atoms with Crippen LogP contribution in [0, 0.1) is 18.8 Å². The summed E-state index contributed by atoms with van der Waals surface area (Å²) in [5.41, 5.74) is 1.65. The van der Waals surface area contributed by atoms with Crippen molar-refractivity contribution in [3.63, 3.8) is 0 Å². The molecule has 0 bridgehead atoms. The minimum Gasteiger partial charge on any atom is -0.497 e. The van der Waals surface area contributed by atoms with Gasteiger partial charge >= 0.3 is 6.01 Å². The van der Waals surface area contributed by atoms with Gasteiger partial charge in [0.05, 0.1) is 13.7 Å². The number of likely N-dealkylation sites (tertiary alicyclic amines) is 2. The maximum atomic E-state index is 13.0. The van der Waals surface area contributed by atoms with Crippen LogP contribution < -0.4 is 9.47 Å². The molecule has 3 heterocycles. The molecule has 2 aromatic rings. The number of ether oxygens (including phenoxy) is 2. The Morgan fingerprint density at radius 3 is 2.59 bits per heavy atom. The molecule has 32 heavy (non-hydrogen) atoms. The van der Waals surface area contributed by atoms with Crippen LogP contribution in [0.4, 0.5) is 0 Å². The summed E-state index contributed by atoms with van der Waals surface area (Å²) < 4.78 is 10.9. The lowest BCUT2D eigenvalue weighted by atomic mass is 9.95. The first-order valence-corrected chi connectivity index (χ1v) is 11.1. The largest absolute Gasteiger partial charge is 0.497 e. The Morgan fingerprint density at radius 2 is 1.91 bits per heavy atom. The smallest absolute Gasteiger partial charge is 0.316 e. The molecule has 1 unspecified atom stereocenters. The lowest BCUT2D eigenvalue weighted by Gasteiger charge is -2.34. The van der Waals surface area contributed by atoms with Gasteiger partial charge in [0.2, 0.25) is 5.91 Å². The highest BCUT2D eigenvalue weighted by atomic mass is 16.5. The molecule has 1 atom stereocenters. The monoisotopic (exact) mass is 438 g/mol. The number of nitrogens with zero attached hydrogens (tertiary/aromatic N) is 4. The van der Waals surface area contributed by atoms with Crippen molar-refractivity contribution in [2.75, 3.05) is 39.9 Å². The standard InChI is InChI=1S/C24H30N4O4/c1-17-12-20(31-2)4-5-21(17)23(30)27-10-6-18(7-11-27)14-28-15-19(13-22(28)29)16-32-24-25-8-3-9-26-24/h3-5,8-9,12,18-19H,6-7,10-11,13-16H2,1-2H3. The maximum Gasteiger partial charge on any atom is 0.316 e. The van der Waals surface area contributed by atoms with Gasteiger partial charge in [0.1, 0.15) is 5.75 Å². The van der Waals surface area contributed by atoms with Gasteiger partial charge in [0, 0.05) is 56.5 Å². The minimum absolute atomic E-state index is 0.0706. The average molecular weight is 439 g/mol. The number of methoxy groups -OCH3 is 1. The highest BCUT2D eigenvalue weighted by Crippen LogP contribution is 2.26. The van der Waals surface area contributed by atoms with Gasteiger partial charge in [-0.3, -0.25) is 9.59 Å². The van der Waals surface area contributed by atoms with Crippen molar-refractivity contribution >= 4 is 11.8 Å². The third-order valence-corrected chi connectivity index (χ3v) is 6.33. The van der Waals surface area contributed by atoms with Gasteiger partial charge in [-0.25, -0.2) is 9.97 Å². The van der Waals surface area contributed by atoms with Gasteiger partial charge in [0.15, 0.2) is 0 Å². The zero-order valence-corrected chi connectivity index (χ0v) is 18.7. The molecule has 2 aliphatic heterocycles. The van der Waals surface area contributed by atoms with Gasteiger partial charge in [-0.05, 0) is 55.5 Å². The molecule has 0 N–H and O–H groups in total. The molecule has 2 fully saturated rings. The number of hydrogen-bond acceptors (Lipinski definition) is 6. The number of carbonyl (C=O) groups excluding carboxylic acids is 2. The first kappa shape index (κ1) is 22.0. The summed E-state index contributed by atoms with van der Waals surface area (Å²) >= 11 is 0. The molecule has 170 valence electrons. The van der Waals surface area contributed by atoms with Crippen LogP contribution in [-0.2, 0) is 4.79 Å².